The van der Waals surface area contributed by atoms with Gasteiger partial charge in [0.1, 0.15) is 12.5 Å². The summed E-state index contributed by atoms with van der Waals surface area (Å²) in [5.74, 6) is 2.65. The van der Waals surface area contributed by atoms with Crippen LogP contribution in [0.3, 0.4) is 0 Å². The van der Waals surface area contributed by atoms with Gasteiger partial charge in [0.2, 0.25) is 0 Å². The van der Waals surface area contributed by atoms with Crippen LogP contribution in [0.2, 0.25) is 21.3 Å². The highest BCUT2D eigenvalue weighted by atomic mass is 32.2. The molecule has 2 saturated heterocycles. The van der Waals surface area contributed by atoms with E-state index in [1.54, 1.807) is 0 Å². The molecule has 384 valence electrons. The summed E-state index contributed by atoms with van der Waals surface area (Å²) in [5.41, 5.74) is 12.0. The maximum Gasteiger partial charge on any atom is 0.468 e. The number of anilines is 4. The van der Waals surface area contributed by atoms with Gasteiger partial charge in [-0.2, -0.15) is 11.8 Å². The summed E-state index contributed by atoms with van der Waals surface area (Å²) in [7, 11) is -3.66. The fourth-order valence-electron chi connectivity index (χ4n) is 10.2. The number of rotatable bonds is 9. The predicted molar refractivity (Wildman–Crippen MR) is 320 cm³/mol. The second-order valence-corrected chi connectivity index (χ2v) is 27.0. The minimum Gasteiger partial charge on any atom is -0.452 e. The van der Waals surface area contributed by atoms with Crippen LogP contribution in [0.4, 0.5) is 22.7 Å². The van der Waals surface area contributed by atoms with Gasteiger partial charge in [0, 0.05) is 50.8 Å². The van der Waals surface area contributed by atoms with E-state index in [-0.39, 0.29) is 26.7 Å². The van der Waals surface area contributed by atoms with Crippen LogP contribution >= 0.6 is 11.8 Å². The van der Waals surface area contributed by atoms with Gasteiger partial charge in [0.15, 0.2) is 0 Å². The first-order chi connectivity index (χ1) is 35.3. The Labute approximate surface area is 453 Å². The SMILES string of the molecule is CC(C)(C)B1OB(c2cccc(B3OB(C(C)(C)C)OB(C(C)(C)C)O3)c2N2CN(c3cccc(CSCc4ccc5c6ccccc6n(-c6cc(C(C)(C)C)ccn6)c5c4)c3)c3ccccc32)OB(C(C)(C)C)O1. The maximum absolute atomic E-state index is 6.92. The molecule has 0 unspecified atom stereocenters. The third kappa shape index (κ3) is 11.0. The molecule has 0 N–H and O–H groups in total. The second kappa shape index (κ2) is 20.2. The molecule has 0 amide bonds. The Hall–Kier alpha value is -4.85. The van der Waals surface area contributed by atoms with Crippen molar-refractivity contribution in [2.45, 2.75) is 142 Å². The van der Waals surface area contributed by atoms with Crippen molar-refractivity contribution in [2.24, 2.45) is 0 Å². The minimum atomic E-state index is -0.763. The molecule has 10 nitrogen and oxygen atoms in total. The summed E-state index contributed by atoms with van der Waals surface area (Å²) in [5, 5.41) is 1.14. The van der Waals surface area contributed by atoms with Gasteiger partial charge in [0.25, 0.3) is 0 Å². The molecule has 0 bridgehead atoms. The lowest BCUT2D eigenvalue weighted by Crippen LogP contribution is -2.62. The highest BCUT2D eigenvalue weighted by Crippen LogP contribution is 2.46. The molecule has 3 aliphatic heterocycles. The molecule has 0 atom stereocenters. The first kappa shape index (κ1) is 53.5. The van der Waals surface area contributed by atoms with Crippen molar-refractivity contribution in [2.75, 3.05) is 16.5 Å². The molecule has 75 heavy (non-hydrogen) atoms. The number of para-hydroxylation sites is 4. The monoisotopic (exact) mass is 1020 g/mol. The lowest BCUT2D eigenvalue weighted by Gasteiger charge is -2.43. The number of thioether (sulfide) groups is 1. The zero-order valence-electron chi connectivity index (χ0n) is 46.9. The van der Waals surface area contributed by atoms with Gasteiger partial charge in [-0.1, -0.05) is 177 Å². The summed E-state index contributed by atoms with van der Waals surface area (Å²) in [6.45, 7) is 33.0. The molecule has 3 aliphatic rings. The van der Waals surface area contributed by atoms with E-state index in [0.717, 1.165) is 56.5 Å². The highest BCUT2D eigenvalue weighted by molar-refractivity contribution is 7.97. The van der Waals surface area contributed by atoms with E-state index >= 15 is 0 Å². The standard InChI is InChI=1S/C58H72B6N4O6S/c1-54(2,3)42-32-33-65-52(36-42)68-48-27-17-16-24-44(48)45-31-30-41(35-51(45)68)38-75-37-40-22-20-23-43(34-40)66-39-67(50-29-19-18-28-49(50)66)53-46(59-69-61(55(4,5)6)73-62(70-59)56(7,8)9)25-21-26-47(53)60-71-63(57(10,11)12)74-64(72-60)58(13,14)15/h16-36H,37-39H2,1-15H3. The van der Waals surface area contributed by atoms with Crippen molar-refractivity contribution >= 4 is 110 Å². The molecule has 0 aliphatic carbocycles. The fourth-order valence-corrected chi connectivity index (χ4v) is 11.1. The van der Waals surface area contributed by atoms with E-state index < -0.39 is 42.7 Å². The summed E-state index contributed by atoms with van der Waals surface area (Å²) in [4.78, 5) is 9.70. The van der Waals surface area contributed by atoms with Crippen molar-refractivity contribution in [3.05, 3.63) is 144 Å². The Morgan fingerprint density at radius 2 is 0.987 bits per heavy atom. The molecule has 0 radical (unpaired) electrons. The van der Waals surface area contributed by atoms with Gasteiger partial charge in [-0.3, -0.25) is 4.57 Å². The average Bonchev–Trinajstić information content (AvgIpc) is 3.91. The Kier molecular flexibility index (Phi) is 14.4. The Balaban J connectivity index is 0.979. The number of nitrogens with zero attached hydrogens (tertiary/aromatic N) is 4. The third-order valence-corrected chi connectivity index (χ3v) is 15.3. The Morgan fingerprint density at radius 3 is 1.55 bits per heavy atom. The molecule has 7 aromatic rings. The van der Waals surface area contributed by atoms with E-state index in [0.29, 0.717) is 6.67 Å². The number of aromatic nitrogens is 2. The first-order valence-electron chi connectivity index (χ1n) is 26.7. The molecule has 17 heteroatoms. The topological polar surface area (TPSA) is 79.7 Å². The zero-order chi connectivity index (χ0) is 53.4. The molecule has 5 aromatic carbocycles. The fraction of sp³-hybridized carbons (Fsp3) is 0.397. The van der Waals surface area contributed by atoms with Crippen molar-refractivity contribution in [3.63, 3.8) is 0 Å². The molecule has 5 heterocycles. The number of hydrogen-bond donors (Lipinski definition) is 0. The first-order valence-corrected chi connectivity index (χ1v) is 27.8. The van der Waals surface area contributed by atoms with Crippen LogP contribution in [0.15, 0.2) is 128 Å². The number of hydrogen-bond acceptors (Lipinski definition) is 10. The number of benzene rings is 5. The number of fused-ring (bicyclic) bond motifs is 4. The molecule has 0 saturated carbocycles. The average molecular weight is 1020 g/mol. The summed E-state index contributed by atoms with van der Waals surface area (Å²) < 4.78 is 43.2. The van der Waals surface area contributed by atoms with E-state index in [1.165, 1.54) is 33.0 Å². The van der Waals surface area contributed by atoms with E-state index in [4.69, 9.17) is 32.4 Å². The van der Waals surface area contributed by atoms with Gasteiger partial charge >= 0.3 is 42.7 Å². The highest BCUT2D eigenvalue weighted by Gasteiger charge is 2.55. The lowest BCUT2D eigenvalue weighted by molar-refractivity contribution is 0.250. The summed E-state index contributed by atoms with van der Waals surface area (Å²) in [6, 6.07) is 43.9. The summed E-state index contributed by atoms with van der Waals surface area (Å²) in [6.07, 6.45) is 1.95. The molecular formula is C58H72B6N4O6S. The van der Waals surface area contributed by atoms with E-state index in [2.05, 4.69) is 240 Å². The van der Waals surface area contributed by atoms with Crippen molar-refractivity contribution < 1.29 is 27.4 Å². The molecule has 10 rings (SSSR count). The quantitative estimate of drug-likeness (QED) is 0.130. The van der Waals surface area contributed by atoms with Crippen LogP contribution in [-0.4, -0.2) is 58.9 Å². The van der Waals surface area contributed by atoms with Crippen LogP contribution in [-0.2, 0) is 44.4 Å². The second-order valence-electron chi connectivity index (χ2n) is 26.1. The van der Waals surface area contributed by atoms with Crippen LogP contribution in [0.25, 0.3) is 27.6 Å². The smallest absolute Gasteiger partial charge is 0.452 e. The van der Waals surface area contributed by atoms with Gasteiger partial charge in [-0.15, -0.1) is 0 Å². The van der Waals surface area contributed by atoms with Crippen molar-refractivity contribution in [1.29, 1.82) is 0 Å². The van der Waals surface area contributed by atoms with Crippen LogP contribution in [0.5, 0.6) is 0 Å². The van der Waals surface area contributed by atoms with Gasteiger partial charge in [-0.05, 0) is 91.9 Å². The van der Waals surface area contributed by atoms with Gasteiger partial charge < -0.3 is 37.2 Å². The normalized spacial score (nSPS) is 16.3. The van der Waals surface area contributed by atoms with Crippen LogP contribution in [0, 0.1) is 0 Å². The Bertz CT molecular complexity index is 3100. The maximum atomic E-state index is 6.92. The predicted octanol–water partition coefficient (Wildman–Crippen LogP) is 13.8. The molecule has 0 spiro atoms. The van der Waals surface area contributed by atoms with E-state index in [9.17, 15) is 0 Å². The Morgan fingerprint density at radius 1 is 0.480 bits per heavy atom. The van der Waals surface area contributed by atoms with Crippen LogP contribution in [0.1, 0.15) is 121 Å². The minimum absolute atomic E-state index is 0.00679. The molecular weight excluding hydrogens is 946 g/mol. The van der Waals surface area contributed by atoms with Gasteiger partial charge in [0.05, 0.1) is 22.4 Å². The van der Waals surface area contributed by atoms with Crippen molar-refractivity contribution in [1.82, 2.24) is 9.55 Å². The largest absolute Gasteiger partial charge is 0.468 e. The van der Waals surface area contributed by atoms with E-state index in [1.807, 2.05) is 18.0 Å². The van der Waals surface area contributed by atoms with Crippen molar-refractivity contribution in [3.8, 4) is 5.82 Å². The zero-order valence-corrected chi connectivity index (χ0v) is 47.7. The van der Waals surface area contributed by atoms with Crippen LogP contribution < -0.4 is 20.7 Å². The number of pyridine rings is 1. The summed E-state index contributed by atoms with van der Waals surface area (Å²) >= 11 is 1.93. The molecule has 2 aromatic heterocycles. The third-order valence-electron chi connectivity index (χ3n) is 14.3. The molecule has 2 fully saturated rings. The lowest BCUT2D eigenvalue weighted by atomic mass is 9.49. The van der Waals surface area contributed by atoms with Gasteiger partial charge in [-0.25, -0.2) is 4.98 Å².